The normalized spacial score (nSPS) is 24.2. The SMILES string of the molecule is Cc1nc(NC2CCN(C)CC2C)ncc1C(=O)O. The minimum absolute atomic E-state index is 0.155. The van der Waals surface area contributed by atoms with Gasteiger partial charge in [-0.25, -0.2) is 14.8 Å². The van der Waals surface area contributed by atoms with Crippen molar-refractivity contribution in [2.45, 2.75) is 26.3 Å². The third-order valence-corrected chi connectivity index (χ3v) is 3.63. The minimum atomic E-state index is -0.989. The second kappa shape index (κ2) is 5.52. The number of nitrogens with zero attached hydrogens (tertiary/aromatic N) is 3. The number of carboxylic acids is 1. The molecule has 0 radical (unpaired) electrons. The van der Waals surface area contributed by atoms with Gasteiger partial charge in [0.25, 0.3) is 0 Å². The average Bonchev–Trinajstić information content (AvgIpc) is 2.32. The van der Waals surface area contributed by atoms with Crippen molar-refractivity contribution < 1.29 is 9.90 Å². The molecule has 2 unspecified atom stereocenters. The molecule has 6 nitrogen and oxygen atoms in total. The van der Waals surface area contributed by atoms with Gasteiger partial charge in [0, 0.05) is 18.8 Å². The van der Waals surface area contributed by atoms with Crippen molar-refractivity contribution in [3.63, 3.8) is 0 Å². The molecule has 0 saturated carbocycles. The zero-order chi connectivity index (χ0) is 14.0. The average molecular weight is 264 g/mol. The Morgan fingerprint density at radius 3 is 2.89 bits per heavy atom. The Hall–Kier alpha value is -1.69. The number of piperidine rings is 1. The van der Waals surface area contributed by atoms with Crippen molar-refractivity contribution in [3.8, 4) is 0 Å². The first-order chi connectivity index (χ1) is 8.97. The number of aromatic nitrogens is 2. The van der Waals surface area contributed by atoms with Crippen molar-refractivity contribution in [1.29, 1.82) is 0 Å². The monoisotopic (exact) mass is 264 g/mol. The lowest BCUT2D eigenvalue weighted by Crippen LogP contribution is -2.43. The molecule has 19 heavy (non-hydrogen) atoms. The quantitative estimate of drug-likeness (QED) is 0.855. The number of likely N-dealkylation sites (tertiary alicyclic amines) is 1. The summed E-state index contributed by atoms with van der Waals surface area (Å²) in [5, 5.41) is 12.3. The highest BCUT2D eigenvalue weighted by Crippen LogP contribution is 2.19. The molecule has 2 atom stereocenters. The van der Waals surface area contributed by atoms with E-state index in [1.807, 2.05) is 0 Å². The van der Waals surface area contributed by atoms with Gasteiger partial charge in [-0.15, -0.1) is 0 Å². The third kappa shape index (κ3) is 3.20. The van der Waals surface area contributed by atoms with E-state index in [-0.39, 0.29) is 5.56 Å². The van der Waals surface area contributed by atoms with Gasteiger partial charge in [-0.05, 0) is 32.9 Å². The van der Waals surface area contributed by atoms with E-state index in [0.29, 0.717) is 23.6 Å². The molecule has 0 spiro atoms. The number of aromatic carboxylic acids is 1. The minimum Gasteiger partial charge on any atom is -0.478 e. The Morgan fingerprint density at radius 2 is 2.32 bits per heavy atom. The molecule has 1 saturated heterocycles. The smallest absolute Gasteiger partial charge is 0.339 e. The second-order valence-electron chi connectivity index (χ2n) is 5.28. The van der Waals surface area contributed by atoms with E-state index in [1.54, 1.807) is 6.92 Å². The first-order valence-corrected chi connectivity index (χ1v) is 6.49. The lowest BCUT2D eigenvalue weighted by molar-refractivity contribution is 0.0695. The van der Waals surface area contributed by atoms with Gasteiger partial charge in [-0.1, -0.05) is 6.92 Å². The lowest BCUT2D eigenvalue weighted by Gasteiger charge is -2.35. The maximum Gasteiger partial charge on any atom is 0.339 e. The molecule has 2 heterocycles. The van der Waals surface area contributed by atoms with Crippen LogP contribution in [0.5, 0.6) is 0 Å². The molecule has 1 aromatic rings. The van der Waals surface area contributed by atoms with Gasteiger partial charge >= 0.3 is 5.97 Å². The highest BCUT2D eigenvalue weighted by molar-refractivity contribution is 5.88. The van der Waals surface area contributed by atoms with Gasteiger partial charge in [0.2, 0.25) is 5.95 Å². The van der Waals surface area contributed by atoms with Crippen molar-refractivity contribution in [2.75, 3.05) is 25.5 Å². The van der Waals surface area contributed by atoms with E-state index in [4.69, 9.17) is 5.11 Å². The van der Waals surface area contributed by atoms with Crippen LogP contribution in [0.4, 0.5) is 5.95 Å². The molecular weight excluding hydrogens is 244 g/mol. The van der Waals surface area contributed by atoms with E-state index in [1.165, 1.54) is 6.20 Å². The van der Waals surface area contributed by atoms with Crippen LogP contribution in [0.3, 0.4) is 0 Å². The first kappa shape index (κ1) is 13.7. The predicted molar refractivity (Wildman–Crippen MR) is 72.4 cm³/mol. The third-order valence-electron chi connectivity index (χ3n) is 3.63. The molecule has 1 fully saturated rings. The summed E-state index contributed by atoms with van der Waals surface area (Å²) in [6.07, 6.45) is 2.41. The molecule has 0 bridgehead atoms. The van der Waals surface area contributed by atoms with Crippen molar-refractivity contribution in [2.24, 2.45) is 5.92 Å². The Morgan fingerprint density at radius 1 is 1.58 bits per heavy atom. The number of carbonyl (C=O) groups is 1. The topological polar surface area (TPSA) is 78.4 Å². The van der Waals surface area contributed by atoms with Gasteiger partial charge in [-0.3, -0.25) is 0 Å². The van der Waals surface area contributed by atoms with E-state index in [2.05, 4.69) is 34.2 Å². The largest absolute Gasteiger partial charge is 0.478 e. The van der Waals surface area contributed by atoms with Gasteiger partial charge in [0.1, 0.15) is 0 Å². The summed E-state index contributed by atoms with van der Waals surface area (Å²) in [4.78, 5) is 21.5. The van der Waals surface area contributed by atoms with Crippen LogP contribution in [-0.2, 0) is 0 Å². The summed E-state index contributed by atoms with van der Waals surface area (Å²) in [6.45, 7) is 5.98. The highest BCUT2D eigenvalue weighted by Gasteiger charge is 2.24. The number of aryl methyl sites for hydroxylation is 1. The lowest BCUT2D eigenvalue weighted by atomic mass is 9.94. The molecule has 104 valence electrons. The Balaban J connectivity index is 2.07. The maximum atomic E-state index is 10.9. The van der Waals surface area contributed by atoms with Crippen LogP contribution < -0.4 is 5.32 Å². The van der Waals surface area contributed by atoms with Crippen LogP contribution >= 0.6 is 0 Å². The number of rotatable bonds is 3. The van der Waals surface area contributed by atoms with Crippen LogP contribution in [-0.4, -0.2) is 52.1 Å². The van der Waals surface area contributed by atoms with Crippen LogP contribution in [0, 0.1) is 12.8 Å². The van der Waals surface area contributed by atoms with Crippen LogP contribution in [0.1, 0.15) is 29.4 Å². The van der Waals surface area contributed by atoms with E-state index >= 15 is 0 Å². The van der Waals surface area contributed by atoms with E-state index in [0.717, 1.165) is 19.5 Å². The highest BCUT2D eigenvalue weighted by atomic mass is 16.4. The summed E-state index contributed by atoms with van der Waals surface area (Å²) in [6, 6.07) is 0.339. The summed E-state index contributed by atoms with van der Waals surface area (Å²) >= 11 is 0. The Bertz CT molecular complexity index is 478. The fraction of sp³-hybridized carbons (Fsp3) is 0.615. The van der Waals surface area contributed by atoms with Crippen molar-refractivity contribution >= 4 is 11.9 Å². The molecule has 1 aliphatic heterocycles. The van der Waals surface area contributed by atoms with Gasteiger partial charge < -0.3 is 15.3 Å². The van der Waals surface area contributed by atoms with Gasteiger partial charge in [0.15, 0.2) is 0 Å². The molecule has 0 aromatic carbocycles. The number of carboxylic acid groups (broad SMARTS) is 1. The Labute approximate surface area is 112 Å². The molecule has 2 rings (SSSR count). The fourth-order valence-electron chi connectivity index (χ4n) is 2.48. The standard InChI is InChI=1S/C13H20N4O2/c1-8-7-17(3)5-4-11(8)16-13-14-6-10(12(18)19)9(2)15-13/h6,8,11H,4-5,7H2,1-3H3,(H,18,19)(H,14,15,16). The molecule has 2 N–H and O–H groups in total. The first-order valence-electron chi connectivity index (χ1n) is 6.49. The predicted octanol–water partition coefficient (Wildman–Crippen LogP) is 1.24. The zero-order valence-electron chi connectivity index (χ0n) is 11.6. The molecular formula is C13H20N4O2. The van der Waals surface area contributed by atoms with Crippen LogP contribution in [0.2, 0.25) is 0 Å². The number of nitrogens with one attached hydrogen (secondary N) is 1. The molecule has 6 heteroatoms. The number of anilines is 1. The van der Waals surface area contributed by atoms with Crippen molar-refractivity contribution in [3.05, 3.63) is 17.5 Å². The van der Waals surface area contributed by atoms with Crippen molar-refractivity contribution in [1.82, 2.24) is 14.9 Å². The molecule has 1 aliphatic rings. The summed E-state index contributed by atoms with van der Waals surface area (Å²) < 4.78 is 0. The fourth-order valence-corrected chi connectivity index (χ4v) is 2.48. The summed E-state index contributed by atoms with van der Waals surface area (Å²) in [5.74, 6) is 0.0439. The summed E-state index contributed by atoms with van der Waals surface area (Å²) in [5.41, 5.74) is 0.646. The maximum absolute atomic E-state index is 10.9. The van der Waals surface area contributed by atoms with Crippen LogP contribution in [0.25, 0.3) is 0 Å². The van der Waals surface area contributed by atoms with Crippen LogP contribution in [0.15, 0.2) is 6.20 Å². The van der Waals surface area contributed by atoms with E-state index < -0.39 is 5.97 Å². The van der Waals surface area contributed by atoms with E-state index in [9.17, 15) is 4.79 Å². The van der Waals surface area contributed by atoms with Gasteiger partial charge in [0.05, 0.1) is 11.3 Å². The Kier molecular flexibility index (Phi) is 3.99. The molecule has 0 amide bonds. The molecule has 0 aliphatic carbocycles. The zero-order valence-corrected chi connectivity index (χ0v) is 11.6. The van der Waals surface area contributed by atoms with Gasteiger partial charge in [-0.2, -0.15) is 0 Å². The summed E-state index contributed by atoms with van der Waals surface area (Å²) in [7, 11) is 2.12. The number of hydrogen-bond donors (Lipinski definition) is 2. The molecule has 1 aromatic heterocycles. The number of hydrogen-bond acceptors (Lipinski definition) is 5. The second-order valence-corrected chi connectivity index (χ2v) is 5.28.